The Morgan fingerprint density at radius 3 is 2.83 bits per heavy atom. The molecule has 30 heavy (non-hydrogen) atoms. The molecule has 0 saturated carbocycles. The van der Waals surface area contributed by atoms with Crippen LogP contribution >= 0.6 is 15.9 Å². The molecule has 0 unspecified atom stereocenters. The number of aromatic amines is 1. The number of rotatable bonds is 8. The summed E-state index contributed by atoms with van der Waals surface area (Å²) < 4.78 is 5.94. The number of H-pyrrole nitrogens is 1. The molecule has 7 nitrogen and oxygen atoms in total. The van der Waals surface area contributed by atoms with Crippen LogP contribution in [0.3, 0.4) is 0 Å². The minimum Gasteiger partial charge on any atom is -0.481 e. The summed E-state index contributed by atoms with van der Waals surface area (Å²) in [6.45, 7) is -0.165. The van der Waals surface area contributed by atoms with Crippen molar-refractivity contribution in [2.45, 2.75) is 6.42 Å². The van der Waals surface area contributed by atoms with Crippen LogP contribution in [0.25, 0.3) is 17.0 Å². The van der Waals surface area contributed by atoms with Crippen molar-refractivity contribution in [3.8, 4) is 11.8 Å². The van der Waals surface area contributed by atoms with Crippen LogP contribution in [0.1, 0.15) is 11.1 Å². The molecule has 152 valence electrons. The predicted octanol–water partition coefficient (Wildman–Crippen LogP) is 3.66. The second-order valence-electron chi connectivity index (χ2n) is 6.40. The van der Waals surface area contributed by atoms with Gasteiger partial charge in [0.2, 0.25) is 0 Å². The zero-order valence-electron chi connectivity index (χ0n) is 15.8. The monoisotopic (exact) mass is 467 g/mol. The number of aromatic nitrogens is 1. The molecule has 0 saturated heterocycles. The van der Waals surface area contributed by atoms with E-state index in [4.69, 9.17) is 9.84 Å². The van der Waals surface area contributed by atoms with Crippen molar-refractivity contribution in [1.29, 1.82) is 5.26 Å². The fourth-order valence-corrected chi connectivity index (χ4v) is 3.33. The zero-order chi connectivity index (χ0) is 21.5. The van der Waals surface area contributed by atoms with Crippen molar-refractivity contribution in [1.82, 2.24) is 10.3 Å². The largest absolute Gasteiger partial charge is 0.481 e. The Bertz CT molecular complexity index is 1160. The third-order valence-corrected chi connectivity index (χ3v) is 4.84. The van der Waals surface area contributed by atoms with Crippen molar-refractivity contribution < 1.29 is 19.4 Å². The van der Waals surface area contributed by atoms with Gasteiger partial charge in [-0.15, -0.1) is 0 Å². The smallest absolute Gasteiger partial charge is 0.341 e. The Morgan fingerprint density at radius 1 is 1.27 bits per heavy atom. The predicted molar refractivity (Wildman–Crippen MR) is 116 cm³/mol. The second kappa shape index (κ2) is 9.76. The highest BCUT2D eigenvalue weighted by Gasteiger charge is 2.12. The number of nitrogens with one attached hydrogen (secondary N) is 2. The number of nitriles is 1. The van der Waals surface area contributed by atoms with Crippen LogP contribution in [0.4, 0.5) is 0 Å². The maximum Gasteiger partial charge on any atom is 0.341 e. The molecule has 0 radical (unpaired) electrons. The Labute approximate surface area is 181 Å². The third-order valence-electron chi connectivity index (χ3n) is 4.34. The third kappa shape index (κ3) is 5.27. The van der Waals surface area contributed by atoms with Crippen LogP contribution in [0.2, 0.25) is 0 Å². The van der Waals surface area contributed by atoms with Gasteiger partial charge >= 0.3 is 5.97 Å². The van der Waals surface area contributed by atoms with Gasteiger partial charge in [-0.2, -0.15) is 5.26 Å². The van der Waals surface area contributed by atoms with E-state index in [9.17, 15) is 14.9 Å². The van der Waals surface area contributed by atoms with Gasteiger partial charge in [-0.1, -0.05) is 34.1 Å². The first-order valence-corrected chi connectivity index (χ1v) is 9.86. The lowest BCUT2D eigenvalue weighted by Crippen LogP contribution is -2.26. The molecule has 1 aromatic heterocycles. The standard InChI is InChI=1S/C22H18BrN3O4/c23-17-5-6-20(30-13-21(27)28)15(10-17)9-16(11-24)22(29)25-8-7-14-12-26-19-4-2-1-3-18(14)19/h1-6,9-10,12,26H,7-8,13H2,(H,25,29)(H,27,28)/b16-9-. The van der Waals surface area contributed by atoms with Gasteiger partial charge in [-0.3, -0.25) is 4.79 Å². The van der Waals surface area contributed by atoms with Crippen molar-refractivity contribution >= 4 is 44.8 Å². The van der Waals surface area contributed by atoms with Crippen molar-refractivity contribution in [3.63, 3.8) is 0 Å². The number of carboxylic acid groups (broad SMARTS) is 1. The number of hydrogen-bond acceptors (Lipinski definition) is 4. The SMILES string of the molecule is N#C/C(=C/c1cc(Br)ccc1OCC(=O)O)C(=O)NCCc1c[nH]c2ccccc12. The van der Waals surface area contributed by atoms with Gasteiger partial charge in [0.05, 0.1) is 0 Å². The van der Waals surface area contributed by atoms with E-state index in [0.29, 0.717) is 23.0 Å². The Kier molecular flexibility index (Phi) is 6.88. The van der Waals surface area contributed by atoms with Crippen molar-refractivity contribution in [2.24, 2.45) is 0 Å². The Hall–Kier alpha value is -3.57. The number of amides is 1. The number of carboxylic acids is 1. The summed E-state index contributed by atoms with van der Waals surface area (Å²) in [5, 5.41) is 22.1. The first-order chi connectivity index (χ1) is 14.5. The lowest BCUT2D eigenvalue weighted by atomic mass is 10.1. The lowest BCUT2D eigenvalue weighted by Gasteiger charge is -2.09. The maximum absolute atomic E-state index is 12.5. The van der Waals surface area contributed by atoms with E-state index < -0.39 is 18.5 Å². The van der Waals surface area contributed by atoms with Gasteiger partial charge in [0.25, 0.3) is 5.91 Å². The summed E-state index contributed by atoms with van der Waals surface area (Å²) in [6, 6.07) is 14.7. The highest BCUT2D eigenvalue weighted by atomic mass is 79.9. The number of hydrogen-bond donors (Lipinski definition) is 3. The lowest BCUT2D eigenvalue weighted by molar-refractivity contribution is -0.139. The van der Waals surface area contributed by atoms with Gasteiger partial charge < -0.3 is 20.1 Å². The van der Waals surface area contributed by atoms with Gasteiger partial charge in [-0.25, -0.2) is 4.79 Å². The molecule has 0 aliphatic rings. The summed E-state index contributed by atoms with van der Waals surface area (Å²) in [4.78, 5) is 26.4. The Balaban J connectivity index is 1.70. The van der Waals surface area contributed by atoms with Gasteiger partial charge in [-0.05, 0) is 42.3 Å². The molecule has 3 rings (SSSR count). The molecule has 0 aliphatic carbocycles. The average Bonchev–Trinajstić information content (AvgIpc) is 3.14. The maximum atomic E-state index is 12.5. The average molecular weight is 468 g/mol. The van der Waals surface area contributed by atoms with Gasteiger partial charge in [0.1, 0.15) is 17.4 Å². The fraction of sp³-hybridized carbons (Fsp3) is 0.136. The number of fused-ring (bicyclic) bond motifs is 1. The molecule has 2 aromatic carbocycles. The van der Waals surface area contributed by atoms with E-state index in [1.807, 2.05) is 36.5 Å². The molecule has 1 amide bonds. The summed E-state index contributed by atoms with van der Waals surface area (Å²) in [5.41, 5.74) is 2.42. The number of benzene rings is 2. The fourth-order valence-electron chi connectivity index (χ4n) is 2.95. The summed E-state index contributed by atoms with van der Waals surface area (Å²) in [5.74, 6) is -1.37. The van der Waals surface area contributed by atoms with Gasteiger partial charge in [0.15, 0.2) is 6.61 Å². The summed E-state index contributed by atoms with van der Waals surface area (Å²) in [6.07, 6.45) is 3.90. The summed E-state index contributed by atoms with van der Waals surface area (Å²) in [7, 11) is 0. The molecule has 0 atom stereocenters. The molecular formula is C22H18BrN3O4. The van der Waals surface area contributed by atoms with Crippen LogP contribution < -0.4 is 10.1 Å². The zero-order valence-corrected chi connectivity index (χ0v) is 17.4. The second-order valence-corrected chi connectivity index (χ2v) is 7.32. The number of carbonyl (C=O) groups is 2. The first kappa shape index (κ1) is 21.1. The minimum absolute atomic E-state index is 0.104. The molecule has 8 heteroatoms. The first-order valence-electron chi connectivity index (χ1n) is 9.07. The number of halogens is 1. The number of para-hydroxylation sites is 1. The van der Waals surface area contributed by atoms with Crippen LogP contribution in [0, 0.1) is 11.3 Å². The van der Waals surface area contributed by atoms with E-state index in [2.05, 4.69) is 26.2 Å². The molecule has 0 bridgehead atoms. The normalized spacial score (nSPS) is 11.1. The molecule has 0 spiro atoms. The Morgan fingerprint density at radius 2 is 2.07 bits per heavy atom. The van der Waals surface area contributed by atoms with E-state index in [0.717, 1.165) is 16.5 Å². The van der Waals surface area contributed by atoms with Crippen LogP contribution in [0.15, 0.2) is 58.7 Å². The van der Waals surface area contributed by atoms with E-state index >= 15 is 0 Å². The number of ether oxygens (including phenoxy) is 1. The molecule has 3 N–H and O–H groups in total. The highest BCUT2D eigenvalue weighted by molar-refractivity contribution is 9.10. The molecule has 0 aliphatic heterocycles. The quantitative estimate of drug-likeness (QED) is 0.345. The molecule has 0 fully saturated rings. The summed E-state index contributed by atoms with van der Waals surface area (Å²) >= 11 is 3.32. The highest BCUT2D eigenvalue weighted by Crippen LogP contribution is 2.25. The number of carbonyl (C=O) groups excluding carboxylic acids is 1. The van der Waals surface area contributed by atoms with E-state index in [1.54, 1.807) is 18.2 Å². The molecule has 1 heterocycles. The molecular weight excluding hydrogens is 450 g/mol. The van der Waals surface area contributed by atoms with Crippen LogP contribution in [-0.2, 0) is 16.0 Å². The minimum atomic E-state index is -1.12. The van der Waals surface area contributed by atoms with Crippen molar-refractivity contribution in [2.75, 3.05) is 13.2 Å². The number of aliphatic carboxylic acids is 1. The van der Waals surface area contributed by atoms with Gasteiger partial charge in [0, 0.05) is 33.7 Å². The van der Waals surface area contributed by atoms with Crippen LogP contribution in [0.5, 0.6) is 5.75 Å². The van der Waals surface area contributed by atoms with E-state index in [1.165, 1.54) is 6.08 Å². The molecule has 3 aromatic rings. The van der Waals surface area contributed by atoms with Crippen LogP contribution in [-0.4, -0.2) is 35.1 Å². The van der Waals surface area contributed by atoms with E-state index in [-0.39, 0.29) is 11.3 Å². The number of nitrogens with zero attached hydrogens (tertiary/aromatic N) is 1. The topological polar surface area (TPSA) is 115 Å². The van der Waals surface area contributed by atoms with Crippen molar-refractivity contribution in [3.05, 3.63) is 69.8 Å².